The standard InChI is InChI=1S/C24H19FN2O6S/c1-2-33-21-11-9-19(10-12-21)26-23(28)22(14-16-5-3-7-18(25)13-16)34(31,32)24(26)17-6-4-8-20(15-17)27(29)30/h3-15,24H,2H2,1H3/b22-14+/t24-/m0/s1. The summed E-state index contributed by atoms with van der Waals surface area (Å²) in [6.45, 7) is 2.24. The zero-order chi connectivity index (χ0) is 24.5. The van der Waals surface area contributed by atoms with Gasteiger partial charge in [0.1, 0.15) is 16.5 Å². The monoisotopic (exact) mass is 482 g/mol. The van der Waals surface area contributed by atoms with E-state index in [1.54, 1.807) is 12.1 Å². The van der Waals surface area contributed by atoms with Crippen molar-refractivity contribution in [1.82, 2.24) is 0 Å². The molecule has 1 saturated heterocycles. The largest absolute Gasteiger partial charge is 0.494 e. The topological polar surface area (TPSA) is 107 Å². The first kappa shape index (κ1) is 23.1. The number of hydrogen-bond donors (Lipinski definition) is 0. The van der Waals surface area contributed by atoms with Gasteiger partial charge in [-0.1, -0.05) is 24.3 Å². The van der Waals surface area contributed by atoms with Gasteiger partial charge in [0.05, 0.1) is 11.5 Å². The van der Waals surface area contributed by atoms with Crippen LogP contribution in [-0.2, 0) is 14.6 Å². The van der Waals surface area contributed by atoms with Gasteiger partial charge in [0.15, 0.2) is 5.37 Å². The number of nitro benzene ring substituents is 1. The number of benzene rings is 3. The van der Waals surface area contributed by atoms with Crippen molar-refractivity contribution in [2.75, 3.05) is 11.5 Å². The van der Waals surface area contributed by atoms with E-state index in [0.29, 0.717) is 12.4 Å². The second kappa shape index (κ2) is 9.06. The van der Waals surface area contributed by atoms with E-state index in [2.05, 4.69) is 0 Å². The van der Waals surface area contributed by atoms with Crippen LogP contribution in [0.25, 0.3) is 6.08 Å². The molecule has 1 heterocycles. The zero-order valence-electron chi connectivity index (χ0n) is 17.9. The highest BCUT2D eigenvalue weighted by Gasteiger charge is 2.50. The molecule has 0 aromatic heterocycles. The predicted octanol–water partition coefficient (Wildman–Crippen LogP) is 4.63. The van der Waals surface area contributed by atoms with Gasteiger partial charge in [-0.15, -0.1) is 0 Å². The predicted molar refractivity (Wildman–Crippen MR) is 124 cm³/mol. The summed E-state index contributed by atoms with van der Waals surface area (Å²) in [5, 5.41) is 9.75. The third-order valence-electron chi connectivity index (χ3n) is 5.20. The van der Waals surface area contributed by atoms with Gasteiger partial charge in [-0.2, -0.15) is 0 Å². The molecule has 0 N–H and O–H groups in total. The van der Waals surface area contributed by atoms with E-state index in [4.69, 9.17) is 4.74 Å². The van der Waals surface area contributed by atoms with Crippen LogP contribution in [0.3, 0.4) is 0 Å². The van der Waals surface area contributed by atoms with Crippen molar-refractivity contribution < 1.29 is 27.3 Å². The van der Waals surface area contributed by atoms with E-state index >= 15 is 0 Å². The van der Waals surface area contributed by atoms with Crippen LogP contribution < -0.4 is 9.64 Å². The van der Waals surface area contributed by atoms with Gasteiger partial charge >= 0.3 is 0 Å². The quantitative estimate of drug-likeness (QED) is 0.288. The molecule has 3 aromatic rings. The van der Waals surface area contributed by atoms with Crippen molar-refractivity contribution >= 4 is 33.2 Å². The highest BCUT2D eigenvalue weighted by Crippen LogP contribution is 2.44. The third kappa shape index (κ3) is 4.27. The lowest BCUT2D eigenvalue weighted by atomic mass is 10.1. The lowest BCUT2D eigenvalue weighted by Crippen LogP contribution is -2.29. The van der Waals surface area contributed by atoms with Crippen LogP contribution in [0.1, 0.15) is 23.4 Å². The Labute approximate surface area is 195 Å². The Balaban J connectivity index is 1.90. The molecule has 1 aliphatic rings. The molecule has 0 spiro atoms. The maximum absolute atomic E-state index is 13.7. The van der Waals surface area contributed by atoms with E-state index < -0.39 is 36.8 Å². The minimum absolute atomic E-state index is 0.0547. The van der Waals surface area contributed by atoms with Crippen LogP contribution in [0.4, 0.5) is 15.8 Å². The Morgan fingerprint density at radius 3 is 2.44 bits per heavy atom. The molecule has 1 fully saturated rings. The first-order chi connectivity index (χ1) is 16.2. The molecule has 34 heavy (non-hydrogen) atoms. The van der Waals surface area contributed by atoms with Crippen LogP contribution >= 0.6 is 0 Å². The highest BCUT2D eigenvalue weighted by molar-refractivity contribution is 7.97. The SMILES string of the molecule is CCOc1ccc(N2C(=O)/C(=C\c3cccc(F)c3)S(=O)(=O)[C@H]2c2cccc([N+](=O)[O-])c2)cc1. The summed E-state index contributed by atoms with van der Waals surface area (Å²) < 4.78 is 46.3. The summed E-state index contributed by atoms with van der Waals surface area (Å²) in [6.07, 6.45) is 1.11. The number of non-ortho nitro benzene ring substituents is 1. The number of carbonyl (C=O) groups is 1. The summed E-state index contributed by atoms with van der Waals surface area (Å²) in [4.78, 5) is 24.6. The van der Waals surface area contributed by atoms with E-state index in [1.807, 2.05) is 6.92 Å². The fourth-order valence-corrected chi connectivity index (χ4v) is 5.62. The Morgan fingerprint density at radius 1 is 1.09 bits per heavy atom. The van der Waals surface area contributed by atoms with Crippen molar-refractivity contribution in [3.63, 3.8) is 0 Å². The van der Waals surface area contributed by atoms with Crippen molar-refractivity contribution in [3.8, 4) is 5.75 Å². The number of anilines is 1. The van der Waals surface area contributed by atoms with Gasteiger partial charge in [0.2, 0.25) is 9.84 Å². The van der Waals surface area contributed by atoms with Gasteiger partial charge in [0.25, 0.3) is 11.6 Å². The Hall–Kier alpha value is -4.05. The minimum Gasteiger partial charge on any atom is -0.494 e. The molecule has 10 heteroatoms. The first-order valence-electron chi connectivity index (χ1n) is 10.2. The summed E-state index contributed by atoms with van der Waals surface area (Å²) in [5.41, 5.74) is 0.197. The lowest BCUT2D eigenvalue weighted by Gasteiger charge is -2.23. The molecule has 0 radical (unpaired) electrons. The smallest absolute Gasteiger partial charge is 0.271 e. The molecule has 1 amide bonds. The summed E-state index contributed by atoms with van der Waals surface area (Å²) in [7, 11) is -4.34. The van der Waals surface area contributed by atoms with Gasteiger partial charge in [-0.3, -0.25) is 19.8 Å². The highest BCUT2D eigenvalue weighted by atomic mass is 32.2. The van der Waals surface area contributed by atoms with Crippen LogP contribution in [-0.4, -0.2) is 25.9 Å². The number of carbonyl (C=O) groups excluding carboxylic acids is 1. The average Bonchev–Trinajstić information content (AvgIpc) is 3.00. The molecule has 0 bridgehead atoms. The van der Waals surface area contributed by atoms with Crippen molar-refractivity contribution in [2.24, 2.45) is 0 Å². The summed E-state index contributed by atoms with van der Waals surface area (Å²) in [5.74, 6) is -0.885. The van der Waals surface area contributed by atoms with Crippen LogP contribution in [0.5, 0.6) is 5.75 Å². The summed E-state index contributed by atoms with van der Waals surface area (Å²) >= 11 is 0. The van der Waals surface area contributed by atoms with E-state index in [9.17, 15) is 27.7 Å². The fourth-order valence-electron chi connectivity index (χ4n) is 3.74. The van der Waals surface area contributed by atoms with E-state index in [1.165, 1.54) is 48.5 Å². The number of ether oxygens (including phenoxy) is 1. The Bertz CT molecular complexity index is 1400. The molecular formula is C24H19FN2O6S. The van der Waals surface area contributed by atoms with Gasteiger partial charge in [0, 0.05) is 17.8 Å². The fraction of sp³-hybridized carbons (Fsp3) is 0.125. The molecule has 3 aromatic carbocycles. The lowest BCUT2D eigenvalue weighted by molar-refractivity contribution is -0.384. The number of amides is 1. The number of nitrogens with zero attached hydrogens (tertiary/aromatic N) is 2. The van der Waals surface area contributed by atoms with E-state index in [0.717, 1.165) is 23.1 Å². The number of hydrogen-bond acceptors (Lipinski definition) is 6. The number of halogens is 1. The van der Waals surface area contributed by atoms with Crippen molar-refractivity contribution in [1.29, 1.82) is 0 Å². The molecule has 0 saturated carbocycles. The molecular weight excluding hydrogens is 463 g/mol. The van der Waals surface area contributed by atoms with Crippen LogP contribution in [0, 0.1) is 15.9 Å². The van der Waals surface area contributed by atoms with Crippen LogP contribution in [0.2, 0.25) is 0 Å². The molecule has 4 rings (SSSR count). The molecule has 0 unspecified atom stereocenters. The number of nitro groups is 1. The second-order valence-electron chi connectivity index (χ2n) is 7.42. The van der Waals surface area contributed by atoms with Gasteiger partial charge < -0.3 is 4.74 Å². The third-order valence-corrected chi connectivity index (χ3v) is 7.18. The molecule has 174 valence electrons. The van der Waals surface area contributed by atoms with Crippen LogP contribution in [0.15, 0.2) is 77.7 Å². The van der Waals surface area contributed by atoms with Gasteiger partial charge in [-0.25, -0.2) is 12.8 Å². The Morgan fingerprint density at radius 2 is 1.79 bits per heavy atom. The van der Waals surface area contributed by atoms with Gasteiger partial charge in [-0.05, 0) is 60.5 Å². The maximum atomic E-state index is 13.7. The average molecular weight is 482 g/mol. The Kier molecular flexibility index (Phi) is 6.16. The second-order valence-corrected chi connectivity index (χ2v) is 9.39. The zero-order valence-corrected chi connectivity index (χ0v) is 18.7. The first-order valence-corrected chi connectivity index (χ1v) is 11.8. The normalized spacial score (nSPS) is 18.3. The summed E-state index contributed by atoms with van der Waals surface area (Å²) in [6, 6.07) is 16.6. The number of sulfone groups is 1. The molecule has 8 nitrogen and oxygen atoms in total. The molecule has 1 atom stereocenters. The molecule has 1 aliphatic heterocycles. The van der Waals surface area contributed by atoms with Crippen molar-refractivity contribution in [2.45, 2.75) is 12.3 Å². The molecule has 0 aliphatic carbocycles. The van der Waals surface area contributed by atoms with E-state index in [-0.39, 0.29) is 22.5 Å². The van der Waals surface area contributed by atoms with Crippen molar-refractivity contribution in [3.05, 3.63) is 105 Å². The minimum atomic E-state index is -4.34. The maximum Gasteiger partial charge on any atom is 0.271 e. The number of rotatable bonds is 6.